The Morgan fingerprint density at radius 1 is 1.00 bits per heavy atom. The number of hydrogen-bond donors (Lipinski definition) is 2. The lowest BCUT2D eigenvalue weighted by Crippen LogP contribution is -2.24. The molecule has 0 aliphatic heterocycles. The van der Waals surface area contributed by atoms with Gasteiger partial charge in [0, 0.05) is 0 Å². The van der Waals surface area contributed by atoms with E-state index in [-0.39, 0.29) is 12.4 Å². The molecule has 0 unspecified atom stereocenters. The minimum absolute atomic E-state index is 0. The number of halogens is 1. The van der Waals surface area contributed by atoms with Crippen molar-refractivity contribution in [1.82, 2.24) is 5.32 Å². The fraction of sp³-hybridized carbons (Fsp3) is 1.00. The largest absolute Gasteiger partial charge is 0.330 e. The maximum Gasteiger partial charge on any atom is -0.00440 e. The minimum Gasteiger partial charge on any atom is -0.330 e. The average molecular weight is 211 g/mol. The smallest absolute Gasteiger partial charge is 0.00440 e. The molecule has 0 saturated carbocycles. The van der Waals surface area contributed by atoms with E-state index < -0.39 is 0 Å². The Morgan fingerprint density at radius 3 is 1.23 bits per heavy atom. The van der Waals surface area contributed by atoms with E-state index in [1.165, 1.54) is 0 Å². The molecule has 0 rings (SSSR count). The molecule has 3 N–H and O–H groups in total. The van der Waals surface area contributed by atoms with E-state index in [0.717, 1.165) is 18.4 Å². The highest BCUT2D eigenvalue weighted by Crippen LogP contribution is 2.18. The quantitative estimate of drug-likeness (QED) is 0.749. The molecule has 0 fully saturated rings. The van der Waals surface area contributed by atoms with Crippen LogP contribution < -0.4 is 11.1 Å². The summed E-state index contributed by atoms with van der Waals surface area (Å²) in [5, 5.41) is 2.75. The van der Waals surface area contributed by atoms with Gasteiger partial charge in [0.25, 0.3) is 0 Å². The summed E-state index contributed by atoms with van der Waals surface area (Å²) in [5.74, 6) is 2.16. The van der Waals surface area contributed by atoms with Crippen LogP contribution in [0.2, 0.25) is 0 Å². The van der Waals surface area contributed by atoms with Crippen LogP contribution in [0.25, 0.3) is 0 Å². The van der Waals surface area contributed by atoms with Gasteiger partial charge >= 0.3 is 0 Å². The van der Waals surface area contributed by atoms with Gasteiger partial charge in [-0.3, -0.25) is 0 Å². The highest BCUT2D eigenvalue weighted by molar-refractivity contribution is 5.85. The van der Waals surface area contributed by atoms with Crippen molar-refractivity contribution in [2.75, 3.05) is 20.6 Å². The molecule has 0 aliphatic rings. The Labute approximate surface area is 90.1 Å². The van der Waals surface area contributed by atoms with E-state index in [0.29, 0.717) is 5.92 Å². The topological polar surface area (TPSA) is 38.0 Å². The molecule has 0 saturated heterocycles. The molecular formula is C10H27ClN2. The van der Waals surface area contributed by atoms with E-state index in [4.69, 9.17) is 5.73 Å². The van der Waals surface area contributed by atoms with Crippen molar-refractivity contribution >= 4 is 12.4 Å². The Hall–Kier alpha value is 0.210. The van der Waals surface area contributed by atoms with Gasteiger partial charge in [-0.1, -0.05) is 27.7 Å². The highest BCUT2D eigenvalue weighted by atomic mass is 35.5. The molecule has 0 bridgehead atoms. The molecule has 13 heavy (non-hydrogen) atoms. The van der Waals surface area contributed by atoms with Gasteiger partial charge in [-0.05, 0) is 38.4 Å². The maximum atomic E-state index is 5.57. The maximum absolute atomic E-state index is 5.57. The van der Waals surface area contributed by atoms with Crippen molar-refractivity contribution in [2.24, 2.45) is 23.5 Å². The van der Waals surface area contributed by atoms with Crippen LogP contribution in [0.3, 0.4) is 0 Å². The van der Waals surface area contributed by atoms with E-state index in [9.17, 15) is 0 Å². The molecule has 0 aromatic carbocycles. The zero-order valence-corrected chi connectivity index (χ0v) is 10.7. The van der Waals surface area contributed by atoms with E-state index in [1.54, 1.807) is 0 Å². The summed E-state index contributed by atoms with van der Waals surface area (Å²) >= 11 is 0. The first-order valence-electron chi connectivity index (χ1n) is 4.79. The molecule has 84 valence electrons. The molecule has 0 aromatic rings. The fourth-order valence-corrected chi connectivity index (χ4v) is 1.31. The summed E-state index contributed by atoms with van der Waals surface area (Å²) in [6.45, 7) is 9.76. The van der Waals surface area contributed by atoms with Gasteiger partial charge in [0.15, 0.2) is 0 Å². The first-order chi connectivity index (χ1) is 5.51. The number of hydrogen-bond acceptors (Lipinski definition) is 2. The second-order valence-electron chi connectivity index (χ2n) is 3.89. The van der Waals surface area contributed by atoms with Crippen LogP contribution in [0.5, 0.6) is 0 Å². The summed E-state index contributed by atoms with van der Waals surface area (Å²) in [6, 6.07) is 0. The molecule has 0 aliphatic carbocycles. The van der Waals surface area contributed by atoms with Crippen LogP contribution in [0.15, 0.2) is 0 Å². The summed E-state index contributed by atoms with van der Waals surface area (Å²) in [5.41, 5.74) is 5.57. The predicted octanol–water partition coefficient (Wildman–Crippen LogP) is 2.13. The molecule has 0 heterocycles. The second kappa shape index (κ2) is 12.2. The van der Waals surface area contributed by atoms with Crippen LogP contribution >= 0.6 is 12.4 Å². The van der Waals surface area contributed by atoms with Crippen LogP contribution in [0, 0.1) is 17.8 Å². The molecule has 3 heteroatoms. The first kappa shape index (κ1) is 18.9. The molecule has 0 amide bonds. The first-order valence-corrected chi connectivity index (χ1v) is 4.79. The Morgan fingerprint density at radius 2 is 1.23 bits per heavy atom. The predicted molar refractivity (Wildman–Crippen MR) is 64.5 cm³/mol. The number of rotatable bonds is 3. The van der Waals surface area contributed by atoms with Gasteiger partial charge < -0.3 is 11.1 Å². The molecule has 0 spiro atoms. The average Bonchev–Trinajstić information content (AvgIpc) is 1.88. The standard InChI is InChI=1S/C8H19N.C2H7N.ClH/c1-6(2)8(5-9)7(3)4;1-3-2;/h6-8H,5,9H2,1-4H3;3H,1-2H3;1H. The lowest BCUT2D eigenvalue weighted by molar-refractivity contribution is 0.297. The zero-order valence-electron chi connectivity index (χ0n) is 9.92. The number of nitrogens with two attached hydrogens (primary N) is 1. The molecular weight excluding hydrogens is 184 g/mol. The molecule has 0 atom stereocenters. The lowest BCUT2D eigenvalue weighted by atomic mass is 9.86. The molecule has 2 nitrogen and oxygen atoms in total. The third-order valence-electron chi connectivity index (χ3n) is 1.98. The third-order valence-corrected chi connectivity index (χ3v) is 1.98. The van der Waals surface area contributed by atoms with Gasteiger partial charge in [-0.25, -0.2) is 0 Å². The Kier molecular flexibility index (Phi) is 17.7. The van der Waals surface area contributed by atoms with Crippen molar-refractivity contribution in [3.05, 3.63) is 0 Å². The van der Waals surface area contributed by atoms with Crippen molar-refractivity contribution in [3.8, 4) is 0 Å². The van der Waals surface area contributed by atoms with Gasteiger partial charge in [-0.15, -0.1) is 12.4 Å². The summed E-state index contributed by atoms with van der Waals surface area (Å²) in [4.78, 5) is 0. The molecule has 0 aromatic heterocycles. The monoisotopic (exact) mass is 210 g/mol. The lowest BCUT2D eigenvalue weighted by Gasteiger charge is -2.22. The number of nitrogens with one attached hydrogen (secondary N) is 1. The van der Waals surface area contributed by atoms with E-state index >= 15 is 0 Å². The van der Waals surface area contributed by atoms with Crippen molar-refractivity contribution in [3.63, 3.8) is 0 Å². The Balaban J connectivity index is -0.000000220. The Bertz CT molecular complexity index is 77.0. The van der Waals surface area contributed by atoms with Gasteiger partial charge in [-0.2, -0.15) is 0 Å². The van der Waals surface area contributed by atoms with Crippen molar-refractivity contribution < 1.29 is 0 Å². The van der Waals surface area contributed by atoms with Crippen LogP contribution in [0.1, 0.15) is 27.7 Å². The normalized spacial score (nSPS) is 9.69. The van der Waals surface area contributed by atoms with Crippen molar-refractivity contribution in [1.29, 1.82) is 0 Å². The minimum atomic E-state index is 0. The third kappa shape index (κ3) is 12.2. The highest BCUT2D eigenvalue weighted by Gasteiger charge is 2.14. The van der Waals surface area contributed by atoms with Gasteiger partial charge in [0.1, 0.15) is 0 Å². The fourth-order valence-electron chi connectivity index (χ4n) is 1.31. The summed E-state index contributed by atoms with van der Waals surface area (Å²) in [7, 11) is 3.75. The molecule has 0 radical (unpaired) electrons. The zero-order chi connectivity index (χ0) is 10.1. The van der Waals surface area contributed by atoms with Crippen LogP contribution in [-0.2, 0) is 0 Å². The van der Waals surface area contributed by atoms with E-state index in [1.807, 2.05) is 14.1 Å². The second-order valence-corrected chi connectivity index (χ2v) is 3.89. The summed E-state index contributed by atoms with van der Waals surface area (Å²) < 4.78 is 0. The van der Waals surface area contributed by atoms with Gasteiger partial charge in [0.05, 0.1) is 0 Å². The van der Waals surface area contributed by atoms with E-state index in [2.05, 4.69) is 33.0 Å². The van der Waals surface area contributed by atoms with Crippen LogP contribution in [-0.4, -0.2) is 20.6 Å². The van der Waals surface area contributed by atoms with Crippen LogP contribution in [0.4, 0.5) is 0 Å². The SMILES string of the molecule is CC(C)C(CN)C(C)C.CNC.Cl. The summed E-state index contributed by atoms with van der Waals surface area (Å²) in [6.07, 6.45) is 0. The van der Waals surface area contributed by atoms with Gasteiger partial charge in [0.2, 0.25) is 0 Å². The van der Waals surface area contributed by atoms with Crippen molar-refractivity contribution in [2.45, 2.75) is 27.7 Å².